The minimum Gasteiger partial charge on any atom is -0.344 e. The highest BCUT2D eigenvalue weighted by Crippen LogP contribution is 2.22. The van der Waals surface area contributed by atoms with E-state index in [-0.39, 0.29) is 5.91 Å². The number of halogens is 2. The molecule has 116 valence electrons. The van der Waals surface area contributed by atoms with Gasteiger partial charge in [-0.3, -0.25) is 9.69 Å². The number of rotatable bonds is 5. The van der Waals surface area contributed by atoms with Gasteiger partial charge in [-0.2, -0.15) is 0 Å². The van der Waals surface area contributed by atoms with Crippen LogP contribution in [0.25, 0.3) is 0 Å². The lowest BCUT2D eigenvalue weighted by Crippen LogP contribution is -2.46. The van der Waals surface area contributed by atoms with Gasteiger partial charge in [0.2, 0.25) is 5.91 Å². The van der Waals surface area contributed by atoms with Gasteiger partial charge in [-0.1, -0.05) is 29.3 Å². The molecule has 0 bridgehead atoms. The molecule has 2 rings (SSSR count). The first-order valence-electron chi connectivity index (χ1n) is 7.17. The first-order valence-corrected chi connectivity index (χ1v) is 7.93. The lowest BCUT2D eigenvalue weighted by molar-refractivity contribution is -0.129. The monoisotopic (exact) mass is 329 g/mol. The third-order valence-electron chi connectivity index (χ3n) is 3.73. The summed E-state index contributed by atoms with van der Waals surface area (Å²) in [5, 5.41) is 4.33. The van der Waals surface area contributed by atoms with Crippen LogP contribution in [-0.4, -0.2) is 62.0 Å². The quantitative estimate of drug-likeness (QED) is 0.896. The molecule has 21 heavy (non-hydrogen) atoms. The Morgan fingerprint density at radius 2 is 2.00 bits per heavy atom. The number of piperazine rings is 1. The number of nitrogens with zero attached hydrogens (tertiary/aromatic N) is 2. The molecular formula is C15H21Cl2N3O. The van der Waals surface area contributed by atoms with Gasteiger partial charge in [0.15, 0.2) is 0 Å². The van der Waals surface area contributed by atoms with Gasteiger partial charge in [-0.25, -0.2) is 0 Å². The first-order chi connectivity index (χ1) is 10.1. The highest BCUT2D eigenvalue weighted by molar-refractivity contribution is 6.42. The molecular weight excluding hydrogens is 309 g/mol. The minimum atomic E-state index is 0.100. The molecule has 0 unspecified atom stereocenters. The van der Waals surface area contributed by atoms with Crippen molar-refractivity contribution in [2.75, 3.05) is 46.3 Å². The van der Waals surface area contributed by atoms with E-state index in [2.05, 4.69) is 10.2 Å². The highest BCUT2D eigenvalue weighted by Gasteiger charge is 2.14. The maximum absolute atomic E-state index is 12.2. The van der Waals surface area contributed by atoms with Crippen molar-refractivity contribution in [3.05, 3.63) is 33.8 Å². The maximum atomic E-state index is 12.2. The summed E-state index contributed by atoms with van der Waals surface area (Å²) in [6.07, 6.45) is 0.356. The van der Waals surface area contributed by atoms with E-state index in [0.29, 0.717) is 16.5 Å². The van der Waals surface area contributed by atoms with Gasteiger partial charge in [0, 0.05) is 46.3 Å². The SMILES string of the molecule is CN(CCN1CCNCC1)C(=O)Cc1ccc(Cl)c(Cl)c1. The van der Waals surface area contributed by atoms with E-state index in [0.717, 1.165) is 44.8 Å². The van der Waals surface area contributed by atoms with Crippen LogP contribution in [0.4, 0.5) is 0 Å². The zero-order chi connectivity index (χ0) is 15.2. The average Bonchev–Trinajstić information content (AvgIpc) is 2.49. The van der Waals surface area contributed by atoms with Gasteiger partial charge in [-0.05, 0) is 17.7 Å². The Kier molecular flexibility index (Phi) is 6.30. The molecule has 0 aliphatic carbocycles. The van der Waals surface area contributed by atoms with Crippen LogP contribution in [0.1, 0.15) is 5.56 Å². The van der Waals surface area contributed by atoms with Crippen LogP contribution >= 0.6 is 23.2 Å². The predicted molar refractivity (Wildman–Crippen MR) is 87.1 cm³/mol. The number of carbonyl (C=O) groups excluding carboxylic acids is 1. The van der Waals surface area contributed by atoms with Crippen molar-refractivity contribution in [3.63, 3.8) is 0 Å². The fourth-order valence-corrected chi connectivity index (χ4v) is 2.63. The topological polar surface area (TPSA) is 35.6 Å². The van der Waals surface area contributed by atoms with E-state index in [1.54, 1.807) is 17.0 Å². The zero-order valence-electron chi connectivity index (χ0n) is 12.2. The van der Waals surface area contributed by atoms with Gasteiger partial charge >= 0.3 is 0 Å². The summed E-state index contributed by atoms with van der Waals surface area (Å²) in [5.41, 5.74) is 0.892. The molecule has 0 aromatic heterocycles. The fraction of sp³-hybridized carbons (Fsp3) is 0.533. The summed E-state index contributed by atoms with van der Waals surface area (Å²) >= 11 is 11.8. The van der Waals surface area contributed by atoms with E-state index < -0.39 is 0 Å². The largest absolute Gasteiger partial charge is 0.344 e. The smallest absolute Gasteiger partial charge is 0.226 e. The molecule has 1 saturated heterocycles. The molecule has 1 aliphatic heterocycles. The molecule has 0 atom stereocenters. The lowest BCUT2D eigenvalue weighted by Gasteiger charge is -2.29. The number of hydrogen-bond acceptors (Lipinski definition) is 3. The molecule has 1 aliphatic rings. The van der Waals surface area contributed by atoms with Crippen LogP contribution in [0.15, 0.2) is 18.2 Å². The second-order valence-corrected chi connectivity index (χ2v) is 6.15. The van der Waals surface area contributed by atoms with Crippen LogP contribution < -0.4 is 5.32 Å². The summed E-state index contributed by atoms with van der Waals surface area (Å²) in [6.45, 7) is 5.83. The van der Waals surface area contributed by atoms with Crippen LogP contribution in [0.5, 0.6) is 0 Å². The minimum absolute atomic E-state index is 0.100. The number of benzene rings is 1. The summed E-state index contributed by atoms with van der Waals surface area (Å²) in [6, 6.07) is 5.33. The standard InChI is InChI=1S/C15H21Cl2N3O/c1-19(8-9-20-6-4-18-5-7-20)15(21)11-12-2-3-13(16)14(17)10-12/h2-3,10,18H,4-9,11H2,1H3. The molecule has 1 fully saturated rings. The molecule has 1 aromatic carbocycles. The van der Waals surface area contributed by atoms with Crippen molar-refractivity contribution in [2.24, 2.45) is 0 Å². The van der Waals surface area contributed by atoms with Crippen molar-refractivity contribution in [1.82, 2.24) is 15.1 Å². The average molecular weight is 330 g/mol. The summed E-state index contributed by atoms with van der Waals surface area (Å²) < 4.78 is 0. The molecule has 4 nitrogen and oxygen atoms in total. The molecule has 1 amide bonds. The molecule has 1 heterocycles. The Hall–Kier alpha value is -0.810. The second-order valence-electron chi connectivity index (χ2n) is 5.33. The Balaban J connectivity index is 1.80. The predicted octanol–water partition coefficient (Wildman–Crippen LogP) is 1.90. The Morgan fingerprint density at radius 3 is 2.67 bits per heavy atom. The summed E-state index contributed by atoms with van der Waals surface area (Å²) in [7, 11) is 1.85. The molecule has 6 heteroatoms. The van der Waals surface area contributed by atoms with E-state index in [1.807, 2.05) is 13.1 Å². The molecule has 0 spiro atoms. The van der Waals surface area contributed by atoms with E-state index in [9.17, 15) is 4.79 Å². The van der Waals surface area contributed by atoms with E-state index >= 15 is 0 Å². The van der Waals surface area contributed by atoms with Gasteiger partial charge in [0.1, 0.15) is 0 Å². The number of likely N-dealkylation sites (N-methyl/N-ethyl adjacent to an activating group) is 1. The molecule has 0 saturated carbocycles. The van der Waals surface area contributed by atoms with Gasteiger partial charge in [-0.15, -0.1) is 0 Å². The van der Waals surface area contributed by atoms with Crippen molar-refractivity contribution in [1.29, 1.82) is 0 Å². The summed E-state index contributed by atoms with van der Waals surface area (Å²) in [4.78, 5) is 16.4. The molecule has 1 aromatic rings. The third kappa shape index (κ3) is 5.15. The molecule has 0 radical (unpaired) electrons. The number of nitrogens with one attached hydrogen (secondary N) is 1. The fourth-order valence-electron chi connectivity index (χ4n) is 2.31. The van der Waals surface area contributed by atoms with Crippen molar-refractivity contribution in [3.8, 4) is 0 Å². The lowest BCUT2D eigenvalue weighted by atomic mass is 10.1. The third-order valence-corrected chi connectivity index (χ3v) is 4.47. The van der Waals surface area contributed by atoms with Gasteiger partial charge in [0.05, 0.1) is 16.5 Å². The normalized spacial score (nSPS) is 16.0. The van der Waals surface area contributed by atoms with Gasteiger partial charge in [0.25, 0.3) is 0 Å². The number of hydrogen-bond donors (Lipinski definition) is 1. The Bertz CT molecular complexity index is 490. The first kappa shape index (κ1) is 16.6. The van der Waals surface area contributed by atoms with Crippen molar-refractivity contribution < 1.29 is 4.79 Å². The van der Waals surface area contributed by atoms with Crippen LogP contribution in [0, 0.1) is 0 Å². The van der Waals surface area contributed by atoms with Crippen LogP contribution in [0.3, 0.4) is 0 Å². The van der Waals surface area contributed by atoms with Crippen molar-refractivity contribution >= 4 is 29.1 Å². The number of amides is 1. The zero-order valence-corrected chi connectivity index (χ0v) is 13.8. The second kappa shape index (κ2) is 7.99. The Morgan fingerprint density at radius 1 is 1.29 bits per heavy atom. The molecule has 1 N–H and O–H groups in total. The van der Waals surface area contributed by atoms with Gasteiger partial charge < -0.3 is 10.2 Å². The van der Waals surface area contributed by atoms with Crippen LogP contribution in [0.2, 0.25) is 10.0 Å². The summed E-state index contributed by atoms with van der Waals surface area (Å²) in [5.74, 6) is 0.100. The van der Waals surface area contributed by atoms with E-state index in [4.69, 9.17) is 23.2 Å². The van der Waals surface area contributed by atoms with Crippen molar-refractivity contribution in [2.45, 2.75) is 6.42 Å². The van der Waals surface area contributed by atoms with Crippen LogP contribution in [-0.2, 0) is 11.2 Å². The maximum Gasteiger partial charge on any atom is 0.226 e. The Labute approximate surface area is 136 Å². The number of carbonyl (C=O) groups is 1. The highest BCUT2D eigenvalue weighted by atomic mass is 35.5. The van der Waals surface area contributed by atoms with E-state index in [1.165, 1.54) is 0 Å².